The Morgan fingerprint density at radius 1 is 1.28 bits per heavy atom. The predicted octanol–water partition coefficient (Wildman–Crippen LogP) is 0.165. The number of carboxylic acids is 1. The molecule has 2 aromatic rings. The largest absolute Gasteiger partial charge is 0.482 e. The number of aliphatic carboxylic acids is 1. The maximum absolute atomic E-state index is 12.9. The second-order valence-corrected chi connectivity index (χ2v) is 6.89. The van der Waals surface area contributed by atoms with Gasteiger partial charge in [0.1, 0.15) is 11.6 Å². The summed E-state index contributed by atoms with van der Waals surface area (Å²) in [7, 11) is 0. The van der Waals surface area contributed by atoms with Crippen molar-refractivity contribution in [3.8, 4) is 5.75 Å². The van der Waals surface area contributed by atoms with Crippen LogP contribution in [0.3, 0.4) is 0 Å². The number of morpholine rings is 1. The molecule has 1 aliphatic rings. The van der Waals surface area contributed by atoms with Crippen LogP contribution in [0.15, 0.2) is 48.5 Å². The average Bonchev–Trinajstić information content (AvgIpc) is 2.78. The quantitative estimate of drug-likeness (QED) is 0.284. The van der Waals surface area contributed by atoms with Gasteiger partial charge in [0.05, 0.1) is 6.61 Å². The third-order valence-corrected chi connectivity index (χ3v) is 4.63. The lowest BCUT2D eigenvalue weighted by Gasteiger charge is -2.34. The normalized spacial score (nSPS) is 16.8. The van der Waals surface area contributed by atoms with Crippen LogP contribution in [0.5, 0.6) is 5.75 Å². The van der Waals surface area contributed by atoms with E-state index in [1.807, 2.05) is 0 Å². The second kappa shape index (κ2) is 9.90. The first-order valence-corrected chi connectivity index (χ1v) is 9.57. The van der Waals surface area contributed by atoms with E-state index in [9.17, 15) is 19.5 Å². The molecule has 0 saturated carbocycles. The molecule has 3 rings (SSSR count). The van der Waals surface area contributed by atoms with Crippen LogP contribution >= 0.6 is 0 Å². The van der Waals surface area contributed by atoms with Gasteiger partial charge in [-0.2, -0.15) is 0 Å². The molecule has 2 amide bonds. The number of benzene rings is 2. The zero-order chi connectivity index (χ0) is 23.3. The van der Waals surface area contributed by atoms with E-state index in [-0.39, 0.29) is 24.7 Å². The Morgan fingerprint density at radius 3 is 2.66 bits per heavy atom. The number of aliphatic hydroxyl groups is 1. The summed E-state index contributed by atoms with van der Waals surface area (Å²) in [6, 6.07) is 12.4. The molecule has 1 saturated heterocycles. The molecule has 32 heavy (non-hydrogen) atoms. The van der Waals surface area contributed by atoms with Gasteiger partial charge in [0.2, 0.25) is 0 Å². The van der Waals surface area contributed by atoms with Gasteiger partial charge in [0, 0.05) is 29.5 Å². The maximum Gasteiger partial charge on any atom is 0.341 e. The number of anilines is 2. The molecule has 0 unspecified atom stereocenters. The van der Waals surface area contributed by atoms with E-state index in [1.165, 1.54) is 35.2 Å². The fraction of sp³-hybridized carbons (Fsp3) is 0.238. The van der Waals surface area contributed by atoms with Crippen LogP contribution in [-0.2, 0) is 19.1 Å². The van der Waals surface area contributed by atoms with Crippen molar-refractivity contribution in [2.75, 3.05) is 30.0 Å². The lowest BCUT2D eigenvalue weighted by Crippen LogP contribution is -2.55. The summed E-state index contributed by atoms with van der Waals surface area (Å²) in [5.74, 6) is -2.46. The van der Waals surface area contributed by atoms with E-state index in [1.54, 1.807) is 18.2 Å². The van der Waals surface area contributed by atoms with Gasteiger partial charge < -0.3 is 35.6 Å². The molecule has 2 aromatic carbocycles. The number of carbonyl (C=O) groups excluding carboxylic acids is 2. The molecular weight excluding hydrogens is 420 g/mol. The first-order chi connectivity index (χ1) is 15.3. The number of carbonyl (C=O) groups is 3. The average molecular weight is 442 g/mol. The maximum atomic E-state index is 12.9. The summed E-state index contributed by atoms with van der Waals surface area (Å²) in [4.78, 5) is 37.4. The van der Waals surface area contributed by atoms with Crippen LogP contribution in [0.1, 0.15) is 5.56 Å². The van der Waals surface area contributed by atoms with Crippen molar-refractivity contribution in [2.45, 2.75) is 12.2 Å². The first-order valence-electron chi connectivity index (χ1n) is 9.57. The van der Waals surface area contributed by atoms with Crippen molar-refractivity contribution >= 4 is 35.0 Å². The number of nitrogens with zero attached hydrogens (tertiary/aromatic N) is 1. The predicted molar refractivity (Wildman–Crippen MR) is 114 cm³/mol. The molecule has 1 heterocycles. The van der Waals surface area contributed by atoms with Crippen molar-refractivity contribution < 1.29 is 34.1 Å². The lowest BCUT2D eigenvalue weighted by atomic mass is 10.1. The molecule has 1 fully saturated rings. The van der Waals surface area contributed by atoms with E-state index in [0.29, 0.717) is 16.9 Å². The number of hydrogen-bond donors (Lipinski definition) is 5. The van der Waals surface area contributed by atoms with E-state index in [0.717, 1.165) is 0 Å². The molecule has 0 radical (unpaired) electrons. The Hall–Kier alpha value is -3.96. The highest BCUT2D eigenvalue weighted by Crippen LogP contribution is 2.25. The summed E-state index contributed by atoms with van der Waals surface area (Å²) >= 11 is 0. The molecule has 6 N–H and O–H groups in total. The van der Waals surface area contributed by atoms with Gasteiger partial charge in [-0.3, -0.25) is 15.0 Å². The Morgan fingerprint density at radius 2 is 2.00 bits per heavy atom. The van der Waals surface area contributed by atoms with E-state index in [4.69, 9.17) is 25.7 Å². The van der Waals surface area contributed by atoms with Crippen molar-refractivity contribution in [1.82, 2.24) is 0 Å². The van der Waals surface area contributed by atoms with E-state index >= 15 is 0 Å². The van der Waals surface area contributed by atoms with Gasteiger partial charge in [0.25, 0.3) is 11.8 Å². The minimum atomic E-state index is -1.77. The molecule has 11 heteroatoms. The van der Waals surface area contributed by atoms with Gasteiger partial charge >= 0.3 is 5.97 Å². The van der Waals surface area contributed by atoms with Crippen LogP contribution in [0.4, 0.5) is 11.4 Å². The SMILES string of the molecule is N=C(N)c1ccc(NC(=O)[C@H](O)[C@H]2OCCN(c3cccc(OCC(=O)O)c3)C2=O)cc1. The van der Waals surface area contributed by atoms with Crippen LogP contribution in [0.25, 0.3) is 0 Å². The third-order valence-electron chi connectivity index (χ3n) is 4.63. The highest BCUT2D eigenvalue weighted by Gasteiger charge is 2.39. The topological polar surface area (TPSA) is 175 Å². The number of ether oxygens (including phenoxy) is 2. The van der Waals surface area contributed by atoms with Crippen molar-refractivity contribution in [1.29, 1.82) is 5.41 Å². The highest BCUT2D eigenvalue weighted by molar-refractivity contribution is 6.04. The van der Waals surface area contributed by atoms with Crippen LogP contribution in [-0.4, -0.2) is 65.8 Å². The Balaban J connectivity index is 1.68. The number of nitrogens with one attached hydrogen (secondary N) is 2. The Labute approximate surface area is 182 Å². The van der Waals surface area contributed by atoms with Gasteiger partial charge in [-0.15, -0.1) is 0 Å². The highest BCUT2D eigenvalue weighted by atomic mass is 16.5. The molecule has 0 spiro atoms. The number of rotatable bonds is 8. The zero-order valence-corrected chi connectivity index (χ0v) is 16.9. The number of hydrogen-bond acceptors (Lipinski definition) is 7. The van der Waals surface area contributed by atoms with Crippen molar-refractivity contribution in [2.24, 2.45) is 5.73 Å². The lowest BCUT2D eigenvalue weighted by molar-refractivity contribution is -0.150. The van der Waals surface area contributed by atoms with Crippen molar-refractivity contribution in [3.05, 3.63) is 54.1 Å². The Bertz CT molecular complexity index is 1030. The first kappa shape index (κ1) is 22.7. The summed E-state index contributed by atoms with van der Waals surface area (Å²) in [5, 5.41) is 29.1. The molecule has 2 atom stereocenters. The fourth-order valence-corrected chi connectivity index (χ4v) is 3.06. The monoisotopic (exact) mass is 442 g/mol. The standard InChI is InChI=1S/C21H22N4O7/c22-19(23)12-4-6-13(7-5-12)24-20(29)17(28)18-21(30)25(8-9-31-18)14-2-1-3-15(10-14)32-11-16(26)27/h1-7,10,17-18,28H,8-9,11H2,(H3,22,23)(H,24,29)(H,26,27)/t17-,18-/m1/s1. The molecule has 1 aliphatic heterocycles. The summed E-state index contributed by atoms with van der Waals surface area (Å²) < 4.78 is 10.5. The van der Waals surface area contributed by atoms with E-state index < -0.39 is 36.6 Å². The molecule has 11 nitrogen and oxygen atoms in total. The summed E-state index contributed by atoms with van der Waals surface area (Å²) in [6.45, 7) is -0.276. The van der Waals surface area contributed by atoms with Gasteiger partial charge in [-0.05, 0) is 36.4 Å². The molecule has 0 aliphatic carbocycles. The van der Waals surface area contributed by atoms with Crippen molar-refractivity contribution in [3.63, 3.8) is 0 Å². The Kier molecular flexibility index (Phi) is 7.03. The van der Waals surface area contributed by atoms with Gasteiger partial charge in [-0.1, -0.05) is 6.07 Å². The summed E-state index contributed by atoms with van der Waals surface area (Å²) in [6.07, 6.45) is -3.20. The van der Waals surface area contributed by atoms with E-state index in [2.05, 4.69) is 5.32 Å². The molecular formula is C21H22N4O7. The number of aliphatic hydroxyl groups excluding tert-OH is 1. The number of carboxylic acid groups (broad SMARTS) is 1. The van der Waals surface area contributed by atoms with Crippen LogP contribution in [0.2, 0.25) is 0 Å². The smallest absolute Gasteiger partial charge is 0.341 e. The minimum absolute atomic E-state index is 0.0776. The van der Waals surface area contributed by atoms with Gasteiger partial charge in [-0.25, -0.2) is 4.79 Å². The number of nitrogen functional groups attached to an aromatic ring is 1. The zero-order valence-electron chi connectivity index (χ0n) is 16.9. The summed E-state index contributed by atoms with van der Waals surface area (Å²) in [5.41, 5.74) is 6.63. The number of nitrogens with two attached hydrogens (primary N) is 1. The number of amidine groups is 1. The van der Waals surface area contributed by atoms with Crippen LogP contribution < -0.4 is 20.7 Å². The minimum Gasteiger partial charge on any atom is -0.482 e. The third kappa shape index (κ3) is 5.39. The second-order valence-electron chi connectivity index (χ2n) is 6.89. The number of amides is 2. The molecule has 0 aromatic heterocycles. The fourth-order valence-electron chi connectivity index (χ4n) is 3.06. The van der Waals surface area contributed by atoms with Crippen LogP contribution in [0, 0.1) is 5.41 Å². The van der Waals surface area contributed by atoms with Gasteiger partial charge in [0.15, 0.2) is 18.8 Å². The molecule has 168 valence electrons. The molecule has 0 bridgehead atoms.